The largest absolute Gasteiger partial charge is 0.469 e. The van der Waals surface area contributed by atoms with Crippen molar-refractivity contribution < 1.29 is 18.4 Å². The summed E-state index contributed by atoms with van der Waals surface area (Å²) in [7, 11) is 0. The fraction of sp³-hybridized carbons (Fsp3) is 0.429. The van der Waals surface area contributed by atoms with Gasteiger partial charge in [-0.05, 0) is 42.7 Å². The molecule has 1 unspecified atom stereocenters. The van der Waals surface area contributed by atoms with Crippen LogP contribution in [0.4, 0.5) is 4.39 Å². The molecule has 2 N–H and O–H groups in total. The Hall–Kier alpha value is -2.63. The number of carbonyl (C=O) groups is 2. The number of hydrogen-bond acceptors (Lipinski definition) is 3. The van der Waals surface area contributed by atoms with Crippen LogP contribution in [0.3, 0.4) is 0 Å². The molecule has 0 bridgehead atoms. The summed E-state index contributed by atoms with van der Waals surface area (Å²) in [6.07, 6.45) is 7.36. The molecule has 27 heavy (non-hydrogen) atoms. The molecule has 1 heterocycles. The number of rotatable bonds is 7. The van der Waals surface area contributed by atoms with Crippen LogP contribution in [0.25, 0.3) is 0 Å². The number of benzene rings is 1. The highest BCUT2D eigenvalue weighted by atomic mass is 19.1. The summed E-state index contributed by atoms with van der Waals surface area (Å²) in [4.78, 5) is 24.9. The average molecular weight is 372 g/mol. The standard InChI is InChI=1S/C21H25FN2O3/c22-16-10-8-15(9-11-16)19(13-18-7-4-12-27-18)21(26)23-14-20(25)24-17-5-2-1-3-6-17/h4,7-12,17,19H,1-3,5-6,13-14H2,(H,23,26)(H,24,25). The first-order valence-corrected chi connectivity index (χ1v) is 9.47. The minimum Gasteiger partial charge on any atom is -0.469 e. The van der Waals surface area contributed by atoms with Gasteiger partial charge in [0, 0.05) is 12.5 Å². The SMILES string of the molecule is O=C(CNC(=O)C(Cc1ccco1)c1ccc(F)cc1)NC1CCCCC1. The zero-order chi connectivity index (χ0) is 19.1. The Morgan fingerprint density at radius 1 is 1.11 bits per heavy atom. The summed E-state index contributed by atoms with van der Waals surface area (Å²) in [5.41, 5.74) is 0.679. The molecule has 0 radical (unpaired) electrons. The van der Waals surface area contributed by atoms with E-state index in [1.807, 2.05) is 0 Å². The molecule has 1 aliphatic rings. The van der Waals surface area contributed by atoms with Crippen molar-refractivity contribution in [3.63, 3.8) is 0 Å². The third-order valence-corrected chi connectivity index (χ3v) is 4.97. The van der Waals surface area contributed by atoms with Crippen LogP contribution in [0.1, 0.15) is 49.3 Å². The summed E-state index contributed by atoms with van der Waals surface area (Å²) in [6.45, 7) is -0.0643. The topological polar surface area (TPSA) is 71.3 Å². The van der Waals surface area contributed by atoms with Crippen molar-refractivity contribution in [1.82, 2.24) is 10.6 Å². The lowest BCUT2D eigenvalue weighted by molar-refractivity contribution is -0.127. The highest BCUT2D eigenvalue weighted by Gasteiger charge is 2.23. The van der Waals surface area contributed by atoms with Gasteiger partial charge in [-0.15, -0.1) is 0 Å². The van der Waals surface area contributed by atoms with Crippen molar-refractivity contribution in [3.05, 3.63) is 59.8 Å². The summed E-state index contributed by atoms with van der Waals surface area (Å²) in [5.74, 6) is -0.712. The number of amides is 2. The van der Waals surface area contributed by atoms with Gasteiger partial charge in [0.1, 0.15) is 11.6 Å². The van der Waals surface area contributed by atoms with Gasteiger partial charge in [0.2, 0.25) is 11.8 Å². The molecule has 2 aromatic rings. The number of carbonyl (C=O) groups excluding carboxylic acids is 2. The van der Waals surface area contributed by atoms with Gasteiger partial charge in [-0.3, -0.25) is 9.59 Å². The molecule has 1 aromatic heterocycles. The molecule has 0 spiro atoms. The predicted octanol–water partition coefficient (Wildman–Crippen LogP) is 3.31. The molecular formula is C21H25FN2O3. The Balaban J connectivity index is 1.60. The van der Waals surface area contributed by atoms with Gasteiger partial charge in [0.05, 0.1) is 18.7 Å². The lowest BCUT2D eigenvalue weighted by Crippen LogP contribution is -2.43. The second kappa shape index (κ2) is 9.35. The molecule has 6 heteroatoms. The highest BCUT2D eigenvalue weighted by Crippen LogP contribution is 2.22. The first-order valence-electron chi connectivity index (χ1n) is 9.47. The summed E-state index contributed by atoms with van der Waals surface area (Å²) in [6, 6.07) is 9.59. The van der Waals surface area contributed by atoms with Gasteiger partial charge in [-0.2, -0.15) is 0 Å². The second-order valence-electron chi connectivity index (χ2n) is 7.01. The molecular weight excluding hydrogens is 347 g/mol. The first kappa shape index (κ1) is 19.1. The normalized spacial score (nSPS) is 15.9. The molecule has 3 rings (SSSR count). The molecule has 2 amide bonds. The van der Waals surface area contributed by atoms with Crippen LogP contribution in [-0.4, -0.2) is 24.4 Å². The maximum atomic E-state index is 13.2. The summed E-state index contributed by atoms with van der Waals surface area (Å²) < 4.78 is 18.6. The van der Waals surface area contributed by atoms with Crippen LogP contribution in [0.5, 0.6) is 0 Å². The van der Waals surface area contributed by atoms with Crippen molar-refractivity contribution >= 4 is 11.8 Å². The molecule has 5 nitrogen and oxygen atoms in total. The van der Waals surface area contributed by atoms with Crippen molar-refractivity contribution in [1.29, 1.82) is 0 Å². The smallest absolute Gasteiger partial charge is 0.239 e. The molecule has 1 atom stereocenters. The van der Waals surface area contributed by atoms with Crippen LogP contribution in [0.15, 0.2) is 47.1 Å². The van der Waals surface area contributed by atoms with Gasteiger partial charge < -0.3 is 15.1 Å². The van der Waals surface area contributed by atoms with E-state index in [2.05, 4.69) is 10.6 Å². The summed E-state index contributed by atoms with van der Waals surface area (Å²) in [5, 5.41) is 5.70. The van der Waals surface area contributed by atoms with Crippen LogP contribution in [-0.2, 0) is 16.0 Å². The van der Waals surface area contributed by atoms with E-state index in [4.69, 9.17) is 4.42 Å². The van der Waals surface area contributed by atoms with Crippen LogP contribution < -0.4 is 10.6 Å². The fourth-order valence-electron chi connectivity index (χ4n) is 3.50. The van der Waals surface area contributed by atoms with E-state index in [9.17, 15) is 14.0 Å². The molecule has 1 aliphatic carbocycles. The lowest BCUT2D eigenvalue weighted by Gasteiger charge is -2.23. The highest BCUT2D eigenvalue weighted by molar-refractivity contribution is 5.88. The van der Waals surface area contributed by atoms with E-state index in [-0.39, 0.29) is 30.2 Å². The number of hydrogen-bond donors (Lipinski definition) is 2. The zero-order valence-corrected chi connectivity index (χ0v) is 15.2. The zero-order valence-electron chi connectivity index (χ0n) is 15.2. The van der Waals surface area contributed by atoms with Crippen LogP contribution in [0, 0.1) is 5.82 Å². The van der Waals surface area contributed by atoms with E-state index < -0.39 is 5.92 Å². The van der Waals surface area contributed by atoms with E-state index in [0.29, 0.717) is 17.7 Å². The molecule has 1 fully saturated rings. The maximum Gasteiger partial charge on any atom is 0.239 e. The van der Waals surface area contributed by atoms with Gasteiger partial charge in [-0.1, -0.05) is 31.4 Å². The third-order valence-electron chi connectivity index (χ3n) is 4.97. The summed E-state index contributed by atoms with van der Waals surface area (Å²) >= 11 is 0. The van der Waals surface area contributed by atoms with Crippen LogP contribution >= 0.6 is 0 Å². The molecule has 0 aliphatic heterocycles. The van der Waals surface area contributed by atoms with Crippen LogP contribution in [0.2, 0.25) is 0 Å². The fourth-order valence-corrected chi connectivity index (χ4v) is 3.50. The predicted molar refractivity (Wildman–Crippen MR) is 99.6 cm³/mol. The van der Waals surface area contributed by atoms with E-state index in [1.54, 1.807) is 30.5 Å². The number of nitrogens with one attached hydrogen (secondary N) is 2. The molecule has 1 saturated carbocycles. The van der Waals surface area contributed by atoms with Crippen molar-refractivity contribution in [2.24, 2.45) is 0 Å². The third kappa shape index (κ3) is 5.67. The Labute approximate surface area is 158 Å². The van der Waals surface area contributed by atoms with E-state index in [1.165, 1.54) is 18.6 Å². The quantitative estimate of drug-likeness (QED) is 0.783. The Morgan fingerprint density at radius 2 is 1.85 bits per heavy atom. The Bertz CT molecular complexity index is 737. The van der Waals surface area contributed by atoms with Crippen molar-refractivity contribution in [2.45, 2.75) is 50.5 Å². The maximum absolute atomic E-state index is 13.2. The van der Waals surface area contributed by atoms with E-state index >= 15 is 0 Å². The van der Waals surface area contributed by atoms with E-state index in [0.717, 1.165) is 25.7 Å². The minimum atomic E-state index is -0.556. The monoisotopic (exact) mass is 372 g/mol. The first-order chi connectivity index (χ1) is 13.1. The van der Waals surface area contributed by atoms with Gasteiger partial charge >= 0.3 is 0 Å². The molecule has 0 saturated heterocycles. The molecule has 144 valence electrons. The Kier molecular flexibility index (Phi) is 6.63. The lowest BCUT2D eigenvalue weighted by atomic mass is 9.93. The average Bonchev–Trinajstić information content (AvgIpc) is 3.19. The number of furan rings is 1. The minimum absolute atomic E-state index is 0.0643. The van der Waals surface area contributed by atoms with Gasteiger partial charge in [0.15, 0.2) is 0 Å². The number of halogens is 1. The molecule has 1 aromatic carbocycles. The Morgan fingerprint density at radius 3 is 2.52 bits per heavy atom. The van der Waals surface area contributed by atoms with Gasteiger partial charge in [0.25, 0.3) is 0 Å². The second-order valence-corrected chi connectivity index (χ2v) is 7.01. The van der Waals surface area contributed by atoms with Gasteiger partial charge in [-0.25, -0.2) is 4.39 Å². The van der Waals surface area contributed by atoms with Crippen molar-refractivity contribution in [3.8, 4) is 0 Å². The van der Waals surface area contributed by atoms with Crippen molar-refractivity contribution in [2.75, 3.05) is 6.54 Å².